The molecule has 0 spiro atoms. The van der Waals surface area contributed by atoms with E-state index in [9.17, 15) is 8.42 Å². The molecule has 158 valence electrons. The molecule has 4 rings (SSSR count). The molecule has 3 heterocycles. The van der Waals surface area contributed by atoms with E-state index in [0.29, 0.717) is 25.1 Å². The van der Waals surface area contributed by atoms with Gasteiger partial charge in [-0.3, -0.25) is 4.90 Å². The van der Waals surface area contributed by atoms with Gasteiger partial charge in [0.05, 0.1) is 18.1 Å². The zero-order chi connectivity index (χ0) is 20.4. The Hall–Kier alpha value is -1.31. The number of rotatable bonds is 8. The SMILES string of the molecule is CCOc1ccc(N2CC3CN(CCS(=O)(=O)CCN)C[C@@H]2C(C)(C)C3)cc1. The molecule has 7 heteroatoms. The minimum Gasteiger partial charge on any atom is -0.494 e. The zero-order valence-electron chi connectivity index (χ0n) is 17.4. The third-order valence-corrected chi connectivity index (χ3v) is 7.78. The second-order valence-corrected chi connectivity index (χ2v) is 11.2. The molecule has 2 atom stereocenters. The van der Waals surface area contributed by atoms with Gasteiger partial charge >= 0.3 is 0 Å². The molecule has 1 aromatic carbocycles. The monoisotopic (exact) mass is 409 g/mol. The number of sulfone groups is 1. The lowest BCUT2D eigenvalue weighted by atomic mass is 9.73. The summed E-state index contributed by atoms with van der Waals surface area (Å²) in [6.45, 7) is 11.0. The lowest BCUT2D eigenvalue weighted by molar-refractivity contribution is 0.191. The van der Waals surface area contributed by atoms with Crippen LogP contribution in [0.25, 0.3) is 0 Å². The van der Waals surface area contributed by atoms with Gasteiger partial charge in [-0.05, 0) is 48.9 Å². The van der Waals surface area contributed by atoms with Gasteiger partial charge in [-0.1, -0.05) is 13.8 Å². The highest BCUT2D eigenvalue weighted by Crippen LogP contribution is 2.43. The number of hydrogen-bond acceptors (Lipinski definition) is 6. The van der Waals surface area contributed by atoms with Crippen molar-refractivity contribution in [1.29, 1.82) is 0 Å². The van der Waals surface area contributed by atoms with Gasteiger partial charge in [-0.15, -0.1) is 0 Å². The van der Waals surface area contributed by atoms with Crippen molar-refractivity contribution in [2.24, 2.45) is 17.1 Å². The number of fused-ring (bicyclic) bond motifs is 4. The van der Waals surface area contributed by atoms with Crippen LogP contribution in [0.3, 0.4) is 0 Å². The molecule has 2 bridgehead atoms. The van der Waals surface area contributed by atoms with E-state index in [1.165, 1.54) is 12.1 Å². The van der Waals surface area contributed by atoms with Crippen molar-refractivity contribution in [3.05, 3.63) is 24.3 Å². The van der Waals surface area contributed by atoms with Crippen LogP contribution in [0.4, 0.5) is 5.69 Å². The third-order valence-electron chi connectivity index (χ3n) is 6.12. The fourth-order valence-electron chi connectivity index (χ4n) is 4.84. The summed E-state index contributed by atoms with van der Waals surface area (Å²) in [6.07, 6.45) is 1.18. The highest BCUT2D eigenvalue weighted by Gasteiger charge is 2.45. The first-order chi connectivity index (χ1) is 13.2. The number of nitrogens with zero attached hydrogens (tertiary/aromatic N) is 2. The molecule has 0 aliphatic carbocycles. The third kappa shape index (κ3) is 4.99. The van der Waals surface area contributed by atoms with E-state index in [4.69, 9.17) is 10.5 Å². The number of hydrogen-bond donors (Lipinski definition) is 1. The molecular weight excluding hydrogens is 374 g/mol. The van der Waals surface area contributed by atoms with Gasteiger partial charge in [0.1, 0.15) is 5.75 Å². The maximum atomic E-state index is 12.1. The van der Waals surface area contributed by atoms with E-state index in [1.54, 1.807) is 0 Å². The van der Waals surface area contributed by atoms with Gasteiger partial charge in [0.2, 0.25) is 0 Å². The minimum atomic E-state index is -3.06. The van der Waals surface area contributed by atoms with E-state index in [0.717, 1.165) is 25.4 Å². The number of nitrogens with two attached hydrogens (primary N) is 1. The molecule has 3 aliphatic rings. The first-order valence-corrected chi connectivity index (χ1v) is 12.2. The standard InChI is InChI=1S/C21H35N3O3S/c1-4-27-19-7-5-18(6-8-19)24-15-17-13-21(2,3)20(24)16-23(14-17)10-12-28(25,26)11-9-22/h5-8,17,20H,4,9-16,22H2,1-3H3/t17?,20-/m1/s1. The zero-order valence-corrected chi connectivity index (χ0v) is 18.2. The Kier molecular flexibility index (Phi) is 6.57. The van der Waals surface area contributed by atoms with E-state index in [2.05, 4.69) is 35.8 Å². The summed E-state index contributed by atoms with van der Waals surface area (Å²) >= 11 is 0. The predicted octanol–water partition coefficient (Wildman–Crippen LogP) is 2.00. The van der Waals surface area contributed by atoms with E-state index in [1.807, 2.05) is 19.1 Å². The lowest BCUT2D eigenvalue weighted by Gasteiger charge is -2.48. The smallest absolute Gasteiger partial charge is 0.152 e. The van der Waals surface area contributed by atoms with Gasteiger partial charge in [-0.25, -0.2) is 8.42 Å². The van der Waals surface area contributed by atoms with Crippen molar-refractivity contribution in [1.82, 2.24) is 4.90 Å². The van der Waals surface area contributed by atoms with Crippen molar-refractivity contribution < 1.29 is 13.2 Å². The number of benzene rings is 1. The molecule has 3 aliphatic heterocycles. The summed E-state index contributed by atoms with van der Waals surface area (Å²) in [7, 11) is -3.06. The van der Waals surface area contributed by atoms with Crippen molar-refractivity contribution in [3.63, 3.8) is 0 Å². The summed E-state index contributed by atoms with van der Waals surface area (Å²) in [5.74, 6) is 1.72. The van der Waals surface area contributed by atoms with Crippen LogP contribution < -0.4 is 15.4 Å². The molecule has 28 heavy (non-hydrogen) atoms. The topological polar surface area (TPSA) is 75.9 Å². The van der Waals surface area contributed by atoms with Crippen LogP contribution in [0.5, 0.6) is 5.75 Å². The van der Waals surface area contributed by atoms with Gasteiger partial charge in [-0.2, -0.15) is 0 Å². The first kappa shape index (κ1) is 21.4. The highest BCUT2D eigenvalue weighted by molar-refractivity contribution is 7.91. The number of anilines is 1. The second kappa shape index (κ2) is 8.59. The van der Waals surface area contributed by atoms with Crippen molar-refractivity contribution >= 4 is 15.5 Å². The van der Waals surface area contributed by atoms with Gasteiger partial charge in [0.15, 0.2) is 9.84 Å². The molecule has 1 aromatic rings. The van der Waals surface area contributed by atoms with Crippen LogP contribution in [0.15, 0.2) is 24.3 Å². The normalized spacial score (nSPS) is 24.9. The Bertz CT molecular complexity index is 749. The molecule has 0 aromatic heterocycles. The summed E-state index contributed by atoms with van der Waals surface area (Å²) in [5.41, 5.74) is 6.85. The molecule has 6 nitrogen and oxygen atoms in total. The molecule has 3 fully saturated rings. The number of ether oxygens (including phenoxy) is 1. The van der Waals surface area contributed by atoms with E-state index in [-0.39, 0.29) is 23.5 Å². The fourth-order valence-corrected chi connectivity index (χ4v) is 5.94. The highest BCUT2D eigenvalue weighted by atomic mass is 32.2. The molecular formula is C21H35N3O3S. The quantitative estimate of drug-likeness (QED) is 0.708. The van der Waals surface area contributed by atoms with Crippen LogP contribution in [0.2, 0.25) is 0 Å². The molecule has 0 amide bonds. The summed E-state index contributed by atoms with van der Waals surface area (Å²) in [5, 5.41) is 0. The van der Waals surface area contributed by atoms with Crippen molar-refractivity contribution in [2.75, 3.05) is 55.7 Å². The van der Waals surface area contributed by atoms with Gasteiger partial charge in [0, 0.05) is 44.5 Å². The Morgan fingerprint density at radius 2 is 1.86 bits per heavy atom. The van der Waals surface area contributed by atoms with Crippen LogP contribution in [0.1, 0.15) is 27.2 Å². The Labute approximate surface area is 169 Å². The lowest BCUT2D eigenvalue weighted by Crippen LogP contribution is -2.54. The summed E-state index contributed by atoms with van der Waals surface area (Å²) < 4.78 is 29.8. The van der Waals surface area contributed by atoms with E-state index >= 15 is 0 Å². The second-order valence-electron chi connectivity index (χ2n) is 8.85. The average molecular weight is 410 g/mol. The molecule has 1 unspecified atom stereocenters. The molecule has 0 radical (unpaired) electrons. The van der Waals surface area contributed by atoms with E-state index < -0.39 is 9.84 Å². The Morgan fingerprint density at radius 1 is 1.14 bits per heavy atom. The molecule has 3 saturated heterocycles. The van der Waals surface area contributed by atoms with Gasteiger partial charge < -0.3 is 15.4 Å². The van der Waals surface area contributed by atoms with Crippen LogP contribution in [-0.4, -0.2) is 70.2 Å². The fraction of sp³-hybridized carbons (Fsp3) is 0.714. The van der Waals surface area contributed by atoms with Crippen LogP contribution >= 0.6 is 0 Å². The van der Waals surface area contributed by atoms with Crippen LogP contribution in [-0.2, 0) is 9.84 Å². The number of piperidine rings is 1. The average Bonchev–Trinajstić information content (AvgIpc) is 2.87. The maximum absolute atomic E-state index is 12.1. The maximum Gasteiger partial charge on any atom is 0.152 e. The Balaban J connectivity index is 1.75. The van der Waals surface area contributed by atoms with Crippen molar-refractivity contribution in [3.8, 4) is 5.75 Å². The summed E-state index contributed by atoms with van der Waals surface area (Å²) in [4.78, 5) is 4.88. The largest absolute Gasteiger partial charge is 0.494 e. The minimum absolute atomic E-state index is 0.0808. The van der Waals surface area contributed by atoms with Crippen molar-refractivity contribution in [2.45, 2.75) is 33.2 Å². The van der Waals surface area contributed by atoms with Gasteiger partial charge in [0.25, 0.3) is 0 Å². The predicted molar refractivity (Wildman–Crippen MR) is 115 cm³/mol. The molecule has 2 N–H and O–H groups in total. The summed E-state index contributed by atoms with van der Waals surface area (Å²) in [6, 6.07) is 8.75. The Morgan fingerprint density at radius 3 is 2.50 bits per heavy atom. The molecule has 0 saturated carbocycles. The first-order valence-electron chi connectivity index (χ1n) is 10.4. The van der Waals surface area contributed by atoms with Crippen LogP contribution in [0, 0.1) is 11.3 Å².